The number of nitrogens with zero attached hydrogens (tertiary/aromatic N) is 1. The number of phenolic OH excluding ortho intramolecular Hbond substituents is 1. The summed E-state index contributed by atoms with van der Waals surface area (Å²) in [6, 6.07) is 7.24. The molecular formula is C10H10N2O2. The average molecular weight is 190 g/mol. The van der Waals surface area contributed by atoms with Gasteiger partial charge < -0.3 is 14.8 Å². The summed E-state index contributed by atoms with van der Waals surface area (Å²) in [5, 5.41) is 11.9. The largest absolute Gasteiger partial charge is 0.508 e. The molecule has 0 atom stereocenters. The molecule has 0 saturated carbocycles. The van der Waals surface area contributed by atoms with Gasteiger partial charge in [0.05, 0.1) is 6.20 Å². The fourth-order valence-electron chi connectivity index (χ4n) is 1.15. The first kappa shape index (κ1) is 8.62. The quantitative estimate of drug-likeness (QED) is 0.761. The Bertz CT molecular complexity index is 420. The average Bonchev–Trinajstić information content (AvgIpc) is 2.67. The van der Waals surface area contributed by atoms with Gasteiger partial charge in [0, 0.05) is 12.6 Å². The summed E-state index contributed by atoms with van der Waals surface area (Å²) in [6.07, 6.45) is 1.64. The van der Waals surface area contributed by atoms with Gasteiger partial charge in [-0.3, -0.25) is 0 Å². The topological polar surface area (TPSA) is 58.3 Å². The number of aromatic hydroxyl groups is 1. The minimum absolute atomic E-state index is 0.238. The van der Waals surface area contributed by atoms with E-state index in [4.69, 9.17) is 9.52 Å². The van der Waals surface area contributed by atoms with Crippen molar-refractivity contribution in [2.45, 2.75) is 0 Å². The fraction of sp³-hybridized carbons (Fsp3) is 0.100. The van der Waals surface area contributed by atoms with Gasteiger partial charge in [-0.15, -0.1) is 0 Å². The van der Waals surface area contributed by atoms with Crippen LogP contribution in [0.4, 0.5) is 6.01 Å². The maximum Gasteiger partial charge on any atom is 0.294 e. The van der Waals surface area contributed by atoms with Crippen molar-refractivity contribution in [1.29, 1.82) is 0 Å². The molecule has 0 amide bonds. The van der Waals surface area contributed by atoms with Crippen LogP contribution in [0.3, 0.4) is 0 Å². The zero-order valence-electron chi connectivity index (χ0n) is 7.69. The summed E-state index contributed by atoms with van der Waals surface area (Å²) in [7, 11) is 1.74. The van der Waals surface area contributed by atoms with Crippen molar-refractivity contribution in [3.63, 3.8) is 0 Å². The van der Waals surface area contributed by atoms with Crippen molar-refractivity contribution in [2.24, 2.45) is 0 Å². The van der Waals surface area contributed by atoms with E-state index in [1.165, 1.54) is 0 Å². The highest BCUT2D eigenvalue weighted by Gasteiger charge is 2.04. The third-order valence-electron chi connectivity index (χ3n) is 1.87. The lowest BCUT2D eigenvalue weighted by Gasteiger charge is -1.95. The van der Waals surface area contributed by atoms with E-state index in [9.17, 15) is 0 Å². The maximum atomic E-state index is 9.10. The van der Waals surface area contributed by atoms with Gasteiger partial charge in [-0.1, -0.05) is 0 Å². The number of aromatic nitrogens is 1. The second-order valence-corrected chi connectivity index (χ2v) is 2.83. The van der Waals surface area contributed by atoms with Crippen LogP contribution in [0.15, 0.2) is 34.9 Å². The molecule has 2 N–H and O–H groups in total. The van der Waals surface area contributed by atoms with Gasteiger partial charge in [0.2, 0.25) is 0 Å². The van der Waals surface area contributed by atoms with Gasteiger partial charge in [-0.05, 0) is 24.3 Å². The highest BCUT2D eigenvalue weighted by Crippen LogP contribution is 2.23. The molecule has 14 heavy (non-hydrogen) atoms. The number of anilines is 1. The summed E-state index contributed by atoms with van der Waals surface area (Å²) in [5.41, 5.74) is 0.886. The molecule has 4 heteroatoms. The van der Waals surface area contributed by atoms with Gasteiger partial charge in [-0.2, -0.15) is 0 Å². The minimum Gasteiger partial charge on any atom is -0.508 e. The Morgan fingerprint density at radius 2 is 2.00 bits per heavy atom. The van der Waals surface area contributed by atoms with Gasteiger partial charge in [0.15, 0.2) is 5.76 Å². The molecule has 1 aromatic carbocycles. The minimum atomic E-state index is 0.238. The first-order valence-corrected chi connectivity index (χ1v) is 4.22. The van der Waals surface area contributed by atoms with E-state index in [1.807, 2.05) is 0 Å². The van der Waals surface area contributed by atoms with Crippen LogP contribution in [0, 0.1) is 0 Å². The molecule has 0 radical (unpaired) electrons. The Morgan fingerprint density at radius 3 is 2.57 bits per heavy atom. The molecule has 72 valence electrons. The van der Waals surface area contributed by atoms with Crippen LogP contribution < -0.4 is 5.32 Å². The summed E-state index contributed by atoms with van der Waals surface area (Å²) < 4.78 is 5.35. The van der Waals surface area contributed by atoms with Crippen LogP contribution in [-0.4, -0.2) is 17.1 Å². The van der Waals surface area contributed by atoms with Crippen LogP contribution in [-0.2, 0) is 0 Å². The number of nitrogens with one attached hydrogen (secondary N) is 1. The lowest BCUT2D eigenvalue weighted by atomic mass is 10.2. The summed E-state index contributed by atoms with van der Waals surface area (Å²) in [4.78, 5) is 3.99. The molecule has 0 bridgehead atoms. The van der Waals surface area contributed by atoms with E-state index in [1.54, 1.807) is 37.5 Å². The van der Waals surface area contributed by atoms with E-state index in [0.717, 1.165) is 5.56 Å². The number of hydrogen-bond acceptors (Lipinski definition) is 4. The zero-order valence-corrected chi connectivity index (χ0v) is 7.69. The molecule has 1 heterocycles. The number of phenols is 1. The van der Waals surface area contributed by atoms with Crippen molar-refractivity contribution in [3.05, 3.63) is 30.5 Å². The molecule has 0 unspecified atom stereocenters. The van der Waals surface area contributed by atoms with Crippen LogP contribution in [0.2, 0.25) is 0 Å². The van der Waals surface area contributed by atoms with Gasteiger partial charge in [0.1, 0.15) is 5.75 Å². The van der Waals surface area contributed by atoms with Crippen LogP contribution in [0.5, 0.6) is 5.75 Å². The Morgan fingerprint density at radius 1 is 1.29 bits per heavy atom. The molecule has 0 aliphatic rings. The number of hydrogen-bond donors (Lipinski definition) is 2. The predicted octanol–water partition coefficient (Wildman–Crippen LogP) is 2.09. The summed E-state index contributed by atoms with van der Waals surface area (Å²) in [5.74, 6) is 0.913. The number of oxazole rings is 1. The summed E-state index contributed by atoms with van der Waals surface area (Å²) in [6.45, 7) is 0. The third kappa shape index (κ3) is 1.54. The van der Waals surface area contributed by atoms with E-state index in [-0.39, 0.29) is 5.75 Å². The first-order valence-electron chi connectivity index (χ1n) is 4.22. The number of rotatable bonds is 2. The smallest absolute Gasteiger partial charge is 0.294 e. The Kier molecular flexibility index (Phi) is 2.10. The normalized spacial score (nSPS) is 10.1. The van der Waals surface area contributed by atoms with Gasteiger partial charge in [-0.25, -0.2) is 4.98 Å². The van der Waals surface area contributed by atoms with Crippen LogP contribution >= 0.6 is 0 Å². The SMILES string of the molecule is CNc1ncc(-c2ccc(O)cc2)o1. The van der Waals surface area contributed by atoms with Crippen molar-refractivity contribution in [1.82, 2.24) is 4.98 Å². The molecule has 0 aliphatic carbocycles. The lowest BCUT2D eigenvalue weighted by Crippen LogP contribution is -1.84. The second-order valence-electron chi connectivity index (χ2n) is 2.83. The van der Waals surface area contributed by atoms with Crippen molar-refractivity contribution in [3.8, 4) is 17.1 Å². The van der Waals surface area contributed by atoms with Gasteiger partial charge in [0.25, 0.3) is 6.01 Å². The standard InChI is InChI=1S/C10H10N2O2/c1-11-10-12-6-9(14-10)7-2-4-8(13)5-3-7/h2-6,13H,1H3,(H,11,12). The van der Waals surface area contributed by atoms with Crippen LogP contribution in [0.1, 0.15) is 0 Å². The van der Waals surface area contributed by atoms with E-state index in [2.05, 4.69) is 10.3 Å². The Balaban J connectivity index is 2.34. The molecule has 2 rings (SSSR count). The van der Waals surface area contributed by atoms with Crippen molar-refractivity contribution in [2.75, 3.05) is 12.4 Å². The Hall–Kier alpha value is -1.97. The monoisotopic (exact) mass is 190 g/mol. The van der Waals surface area contributed by atoms with E-state index < -0.39 is 0 Å². The molecule has 0 fully saturated rings. The fourth-order valence-corrected chi connectivity index (χ4v) is 1.15. The molecule has 0 spiro atoms. The number of benzene rings is 1. The van der Waals surface area contributed by atoms with Gasteiger partial charge >= 0.3 is 0 Å². The molecule has 0 saturated heterocycles. The van der Waals surface area contributed by atoms with Crippen molar-refractivity contribution >= 4 is 6.01 Å². The highest BCUT2D eigenvalue weighted by atomic mass is 16.4. The Labute approximate surface area is 81.2 Å². The van der Waals surface area contributed by atoms with E-state index >= 15 is 0 Å². The van der Waals surface area contributed by atoms with Crippen molar-refractivity contribution < 1.29 is 9.52 Å². The molecular weight excluding hydrogens is 180 g/mol. The molecule has 0 aliphatic heterocycles. The third-order valence-corrected chi connectivity index (χ3v) is 1.87. The van der Waals surface area contributed by atoms with E-state index in [0.29, 0.717) is 11.8 Å². The summed E-state index contributed by atoms with van der Waals surface area (Å²) >= 11 is 0. The second kappa shape index (κ2) is 3.41. The molecule has 1 aromatic heterocycles. The maximum absolute atomic E-state index is 9.10. The highest BCUT2D eigenvalue weighted by molar-refractivity contribution is 5.58. The first-order chi connectivity index (χ1) is 6.79. The van der Waals surface area contributed by atoms with Crippen LogP contribution in [0.25, 0.3) is 11.3 Å². The zero-order chi connectivity index (χ0) is 9.97. The molecule has 4 nitrogen and oxygen atoms in total. The molecule has 2 aromatic rings. The lowest BCUT2D eigenvalue weighted by molar-refractivity contribution is 0.475. The predicted molar refractivity (Wildman–Crippen MR) is 53.2 cm³/mol.